The number of hydrogen-bond acceptors (Lipinski definition) is 3. The molecule has 1 aromatic carbocycles. The molecular formula is C17H27FN2O. The zero-order chi connectivity index (χ0) is 15.4. The van der Waals surface area contributed by atoms with Crippen LogP contribution in [0.3, 0.4) is 0 Å². The van der Waals surface area contributed by atoms with E-state index in [4.69, 9.17) is 0 Å². The first-order chi connectivity index (χ1) is 9.97. The molecule has 2 N–H and O–H groups in total. The fraction of sp³-hybridized carbons (Fsp3) is 0.647. The van der Waals surface area contributed by atoms with Crippen LogP contribution in [0.15, 0.2) is 18.2 Å². The number of rotatable bonds is 6. The molecule has 0 aromatic heterocycles. The maximum atomic E-state index is 14.3. The molecule has 4 heteroatoms. The molecule has 0 radical (unpaired) electrons. The molecule has 0 saturated carbocycles. The van der Waals surface area contributed by atoms with Crippen molar-refractivity contribution in [3.05, 3.63) is 29.6 Å². The first-order valence-electron chi connectivity index (χ1n) is 7.89. The summed E-state index contributed by atoms with van der Waals surface area (Å²) in [6.07, 6.45) is 0.604. The van der Waals surface area contributed by atoms with Crippen molar-refractivity contribution in [1.29, 1.82) is 0 Å². The van der Waals surface area contributed by atoms with Gasteiger partial charge in [0.15, 0.2) is 0 Å². The summed E-state index contributed by atoms with van der Waals surface area (Å²) in [7, 11) is 0. The highest BCUT2D eigenvalue weighted by Crippen LogP contribution is 2.28. The number of nitrogens with zero attached hydrogens (tertiary/aromatic N) is 1. The van der Waals surface area contributed by atoms with Crippen LogP contribution in [0.25, 0.3) is 0 Å². The van der Waals surface area contributed by atoms with Gasteiger partial charge in [0.25, 0.3) is 0 Å². The van der Waals surface area contributed by atoms with Gasteiger partial charge < -0.3 is 15.3 Å². The van der Waals surface area contributed by atoms with Crippen LogP contribution in [-0.2, 0) is 6.54 Å². The first-order valence-corrected chi connectivity index (χ1v) is 7.89. The zero-order valence-corrected chi connectivity index (χ0v) is 13.3. The van der Waals surface area contributed by atoms with Gasteiger partial charge in [-0.2, -0.15) is 0 Å². The minimum atomic E-state index is -0.322. The Kier molecular flexibility index (Phi) is 5.59. The molecule has 2 atom stereocenters. The van der Waals surface area contributed by atoms with Gasteiger partial charge in [-0.05, 0) is 43.5 Å². The van der Waals surface area contributed by atoms with E-state index in [1.807, 2.05) is 24.0 Å². The molecule has 118 valence electrons. The average Bonchev–Trinajstić information content (AvgIpc) is 2.88. The van der Waals surface area contributed by atoms with E-state index in [1.54, 1.807) is 6.07 Å². The molecule has 0 amide bonds. The van der Waals surface area contributed by atoms with E-state index >= 15 is 0 Å². The van der Waals surface area contributed by atoms with Crippen LogP contribution in [0.5, 0.6) is 0 Å². The number of aliphatic hydroxyl groups excluding tert-OH is 1. The van der Waals surface area contributed by atoms with Crippen molar-refractivity contribution in [2.45, 2.75) is 39.8 Å². The molecular weight excluding hydrogens is 267 g/mol. The van der Waals surface area contributed by atoms with Gasteiger partial charge in [-0.3, -0.25) is 0 Å². The molecule has 1 saturated heterocycles. The zero-order valence-electron chi connectivity index (χ0n) is 13.3. The van der Waals surface area contributed by atoms with Crippen LogP contribution >= 0.6 is 0 Å². The SMILES string of the molecule is CC(C)CNCc1ccc(N2CCC(C(C)O)C2)c(F)c1. The van der Waals surface area contributed by atoms with E-state index in [0.29, 0.717) is 18.2 Å². The lowest BCUT2D eigenvalue weighted by Crippen LogP contribution is -2.24. The highest BCUT2D eigenvalue weighted by Gasteiger charge is 2.27. The van der Waals surface area contributed by atoms with Crippen molar-refractivity contribution in [3.8, 4) is 0 Å². The summed E-state index contributed by atoms with van der Waals surface area (Å²) in [6.45, 7) is 9.31. The normalized spacial score (nSPS) is 20.3. The van der Waals surface area contributed by atoms with Crippen molar-refractivity contribution >= 4 is 5.69 Å². The van der Waals surface area contributed by atoms with Gasteiger partial charge in [0.1, 0.15) is 5.82 Å². The van der Waals surface area contributed by atoms with Crippen molar-refractivity contribution in [2.75, 3.05) is 24.5 Å². The van der Waals surface area contributed by atoms with Crippen LogP contribution in [-0.4, -0.2) is 30.8 Å². The highest BCUT2D eigenvalue weighted by atomic mass is 19.1. The second kappa shape index (κ2) is 7.23. The molecule has 1 aromatic rings. The topological polar surface area (TPSA) is 35.5 Å². The molecule has 1 aliphatic rings. The molecule has 0 bridgehead atoms. The van der Waals surface area contributed by atoms with Gasteiger partial charge in [-0.1, -0.05) is 19.9 Å². The molecule has 21 heavy (non-hydrogen) atoms. The van der Waals surface area contributed by atoms with E-state index in [-0.39, 0.29) is 17.8 Å². The van der Waals surface area contributed by atoms with Gasteiger partial charge in [0.05, 0.1) is 11.8 Å². The molecule has 0 aliphatic carbocycles. The minimum absolute atomic E-state index is 0.162. The Morgan fingerprint density at radius 3 is 2.71 bits per heavy atom. The predicted octanol–water partition coefficient (Wildman–Crippen LogP) is 2.78. The molecule has 1 fully saturated rings. The molecule has 1 aliphatic heterocycles. The Labute approximate surface area is 127 Å². The Hall–Kier alpha value is -1.13. The third-order valence-corrected chi connectivity index (χ3v) is 4.14. The van der Waals surface area contributed by atoms with Gasteiger partial charge >= 0.3 is 0 Å². The van der Waals surface area contributed by atoms with Crippen molar-refractivity contribution in [3.63, 3.8) is 0 Å². The fourth-order valence-corrected chi connectivity index (χ4v) is 2.82. The standard InChI is InChI=1S/C17H27FN2O/c1-12(2)9-19-10-14-4-5-17(16(18)8-14)20-7-6-15(11-20)13(3)21/h4-5,8,12-13,15,19,21H,6-7,9-11H2,1-3H3. The van der Waals surface area contributed by atoms with Gasteiger partial charge in [0.2, 0.25) is 0 Å². The lowest BCUT2D eigenvalue weighted by Gasteiger charge is -2.21. The van der Waals surface area contributed by atoms with Crippen LogP contribution in [0.4, 0.5) is 10.1 Å². The summed E-state index contributed by atoms with van der Waals surface area (Å²) >= 11 is 0. The third-order valence-electron chi connectivity index (χ3n) is 4.14. The van der Waals surface area contributed by atoms with Crippen molar-refractivity contribution in [1.82, 2.24) is 5.32 Å². The fourth-order valence-electron chi connectivity index (χ4n) is 2.82. The van der Waals surface area contributed by atoms with E-state index in [0.717, 1.165) is 31.6 Å². The summed E-state index contributed by atoms with van der Waals surface area (Å²) in [5.74, 6) is 0.679. The largest absolute Gasteiger partial charge is 0.393 e. The number of benzene rings is 1. The number of aliphatic hydroxyl groups is 1. The molecule has 2 rings (SSSR count). The average molecular weight is 294 g/mol. The third kappa shape index (κ3) is 4.42. The summed E-state index contributed by atoms with van der Waals surface area (Å²) in [5, 5.41) is 13.0. The number of nitrogens with one attached hydrogen (secondary N) is 1. The monoisotopic (exact) mass is 294 g/mol. The minimum Gasteiger partial charge on any atom is -0.393 e. The summed E-state index contributed by atoms with van der Waals surface area (Å²) in [4.78, 5) is 2.04. The second-order valence-electron chi connectivity index (χ2n) is 6.55. The maximum Gasteiger partial charge on any atom is 0.146 e. The summed E-state index contributed by atoms with van der Waals surface area (Å²) in [5.41, 5.74) is 1.63. The van der Waals surface area contributed by atoms with Crippen LogP contribution in [0, 0.1) is 17.7 Å². The van der Waals surface area contributed by atoms with Crippen molar-refractivity contribution in [2.24, 2.45) is 11.8 Å². The Balaban J connectivity index is 1.96. The highest BCUT2D eigenvalue weighted by molar-refractivity contribution is 5.50. The summed E-state index contributed by atoms with van der Waals surface area (Å²) < 4.78 is 14.3. The maximum absolute atomic E-state index is 14.3. The van der Waals surface area contributed by atoms with Crippen molar-refractivity contribution < 1.29 is 9.50 Å². The van der Waals surface area contributed by atoms with Crippen LogP contribution in [0.2, 0.25) is 0 Å². The molecule has 0 spiro atoms. The Morgan fingerprint density at radius 2 is 2.14 bits per heavy atom. The molecule has 2 unspecified atom stereocenters. The van der Waals surface area contributed by atoms with Crippen LogP contribution in [0.1, 0.15) is 32.8 Å². The lowest BCUT2D eigenvalue weighted by atomic mass is 10.0. The number of hydrogen-bond donors (Lipinski definition) is 2. The van der Waals surface area contributed by atoms with E-state index in [9.17, 15) is 9.50 Å². The Morgan fingerprint density at radius 1 is 1.38 bits per heavy atom. The van der Waals surface area contributed by atoms with E-state index < -0.39 is 0 Å². The second-order valence-corrected chi connectivity index (χ2v) is 6.55. The predicted molar refractivity (Wildman–Crippen MR) is 84.9 cm³/mol. The smallest absolute Gasteiger partial charge is 0.146 e. The quantitative estimate of drug-likeness (QED) is 0.847. The first kappa shape index (κ1) is 16.2. The van der Waals surface area contributed by atoms with E-state index in [1.165, 1.54) is 0 Å². The van der Waals surface area contributed by atoms with Gasteiger partial charge in [0, 0.05) is 25.6 Å². The van der Waals surface area contributed by atoms with Crippen LogP contribution < -0.4 is 10.2 Å². The number of anilines is 1. The lowest BCUT2D eigenvalue weighted by molar-refractivity contribution is 0.136. The number of halogens is 1. The van der Waals surface area contributed by atoms with E-state index in [2.05, 4.69) is 19.2 Å². The van der Waals surface area contributed by atoms with Gasteiger partial charge in [-0.15, -0.1) is 0 Å². The Bertz CT molecular complexity index is 462. The molecule has 3 nitrogen and oxygen atoms in total. The summed E-state index contributed by atoms with van der Waals surface area (Å²) in [6, 6.07) is 5.48. The van der Waals surface area contributed by atoms with Gasteiger partial charge in [-0.25, -0.2) is 4.39 Å². The molecule has 1 heterocycles.